The van der Waals surface area contributed by atoms with Crippen molar-refractivity contribution in [3.8, 4) is 11.4 Å². The number of carbonyl (C=O) groups is 1. The highest BCUT2D eigenvalue weighted by Gasteiger charge is 2.33. The highest BCUT2D eigenvalue weighted by Crippen LogP contribution is 2.38. The van der Waals surface area contributed by atoms with E-state index in [4.69, 9.17) is 16.3 Å². The molecule has 1 N–H and O–H groups in total. The molecular formula is C29H28ClN3O2. The van der Waals surface area contributed by atoms with Crippen LogP contribution in [0.2, 0.25) is 5.02 Å². The van der Waals surface area contributed by atoms with E-state index >= 15 is 0 Å². The zero-order valence-corrected chi connectivity index (χ0v) is 20.8. The van der Waals surface area contributed by atoms with Gasteiger partial charge >= 0.3 is 6.03 Å². The summed E-state index contributed by atoms with van der Waals surface area (Å²) in [5.74, 6) is 0.986. The van der Waals surface area contributed by atoms with Crippen molar-refractivity contribution in [1.82, 2.24) is 9.47 Å². The van der Waals surface area contributed by atoms with Crippen LogP contribution in [0.4, 0.5) is 10.5 Å². The highest BCUT2D eigenvalue weighted by atomic mass is 35.5. The van der Waals surface area contributed by atoms with Crippen molar-refractivity contribution in [3.05, 3.63) is 112 Å². The minimum atomic E-state index is -0.288. The lowest BCUT2D eigenvalue weighted by Gasteiger charge is -2.31. The molecule has 0 saturated heterocycles. The van der Waals surface area contributed by atoms with Gasteiger partial charge in [0.05, 0.1) is 31.1 Å². The number of benzene rings is 3. The molecule has 5 nitrogen and oxygen atoms in total. The quantitative estimate of drug-likeness (QED) is 0.327. The number of anilines is 1. The van der Waals surface area contributed by atoms with Crippen molar-refractivity contribution in [2.45, 2.75) is 32.4 Å². The van der Waals surface area contributed by atoms with Crippen LogP contribution in [0.5, 0.6) is 5.75 Å². The fourth-order valence-electron chi connectivity index (χ4n) is 4.72. The molecule has 2 amide bonds. The van der Waals surface area contributed by atoms with Crippen molar-refractivity contribution in [3.63, 3.8) is 0 Å². The molecule has 1 aliphatic heterocycles. The molecule has 1 aromatic heterocycles. The Morgan fingerprint density at radius 1 is 1.03 bits per heavy atom. The van der Waals surface area contributed by atoms with Crippen LogP contribution in [0, 0.1) is 0 Å². The van der Waals surface area contributed by atoms with Gasteiger partial charge in [-0.3, -0.25) is 0 Å². The van der Waals surface area contributed by atoms with Gasteiger partial charge in [-0.2, -0.15) is 0 Å². The van der Waals surface area contributed by atoms with Crippen molar-refractivity contribution in [2.75, 3.05) is 12.4 Å². The van der Waals surface area contributed by atoms with E-state index in [1.807, 2.05) is 23.1 Å². The first kappa shape index (κ1) is 23.1. The molecule has 1 aliphatic rings. The van der Waals surface area contributed by atoms with Gasteiger partial charge in [-0.15, -0.1) is 0 Å². The number of ether oxygens (including phenoxy) is 1. The number of amides is 2. The van der Waals surface area contributed by atoms with Gasteiger partial charge in [0.25, 0.3) is 0 Å². The lowest BCUT2D eigenvalue weighted by atomic mass is 9.97. The van der Waals surface area contributed by atoms with E-state index in [2.05, 4.69) is 72.4 Å². The number of fused-ring (bicyclic) bond motifs is 3. The molecule has 4 aromatic rings. The maximum Gasteiger partial charge on any atom is 0.323 e. The number of nitrogens with one attached hydrogen (secondary N) is 1. The Kier molecular flexibility index (Phi) is 6.27. The highest BCUT2D eigenvalue weighted by molar-refractivity contribution is 6.31. The third-order valence-electron chi connectivity index (χ3n) is 6.55. The summed E-state index contributed by atoms with van der Waals surface area (Å²) in [7, 11) is 1.58. The summed E-state index contributed by atoms with van der Waals surface area (Å²) in [6.07, 6.45) is 2.06. The molecule has 0 aliphatic carbocycles. The number of rotatable bonds is 4. The Hall–Kier alpha value is -3.70. The van der Waals surface area contributed by atoms with Crippen LogP contribution in [-0.2, 0) is 6.54 Å². The average molecular weight is 486 g/mol. The Bertz CT molecular complexity index is 1360. The van der Waals surface area contributed by atoms with Crippen LogP contribution in [0.3, 0.4) is 0 Å². The third kappa shape index (κ3) is 4.40. The number of nitrogens with zero attached hydrogens (tertiary/aromatic N) is 2. The predicted octanol–water partition coefficient (Wildman–Crippen LogP) is 7.40. The first-order valence-corrected chi connectivity index (χ1v) is 12.1. The molecule has 0 fully saturated rings. The number of para-hydroxylation sites is 1. The lowest BCUT2D eigenvalue weighted by Crippen LogP contribution is -2.38. The summed E-state index contributed by atoms with van der Waals surface area (Å²) in [5.41, 5.74) is 6.02. The molecule has 0 unspecified atom stereocenters. The maximum absolute atomic E-state index is 13.9. The number of urea groups is 1. The van der Waals surface area contributed by atoms with Gasteiger partial charge in [0.15, 0.2) is 0 Å². The molecule has 6 heteroatoms. The van der Waals surface area contributed by atoms with E-state index in [0.717, 1.165) is 22.5 Å². The maximum atomic E-state index is 13.9. The van der Waals surface area contributed by atoms with Crippen molar-refractivity contribution >= 4 is 23.3 Å². The van der Waals surface area contributed by atoms with Crippen LogP contribution in [0.15, 0.2) is 85.1 Å². The Morgan fingerprint density at radius 3 is 2.54 bits per heavy atom. The van der Waals surface area contributed by atoms with Gasteiger partial charge in [-0.1, -0.05) is 67.9 Å². The second-order valence-electron chi connectivity index (χ2n) is 9.06. The van der Waals surface area contributed by atoms with E-state index in [0.29, 0.717) is 28.9 Å². The van der Waals surface area contributed by atoms with E-state index in [-0.39, 0.29) is 12.1 Å². The Balaban J connectivity index is 1.62. The summed E-state index contributed by atoms with van der Waals surface area (Å²) in [4.78, 5) is 15.8. The number of hydrogen-bond acceptors (Lipinski definition) is 2. The normalized spacial score (nSPS) is 14.8. The number of aromatic nitrogens is 1. The van der Waals surface area contributed by atoms with E-state index in [9.17, 15) is 4.79 Å². The summed E-state index contributed by atoms with van der Waals surface area (Å²) in [5, 5.41) is 3.58. The monoisotopic (exact) mass is 485 g/mol. The first-order valence-electron chi connectivity index (χ1n) is 11.7. The van der Waals surface area contributed by atoms with Crippen LogP contribution < -0.4 is 10.1 Å². The van der Waals surface area contributed by atoms with E-state index < -0.39 is 0 Å². The van der Waals surface area contributed by atoms with Gasteiger partial charge < -0.3 is 19.5 Å². The van der Waals surface area contributed by atoms with Crippen molar-refractivity contribution in [2.24, 2.45) is 0 Å². The van der Waals surface area contributed by atoms with Crippen molar-refractivity contribution < 1.29 is 9.53 Å². The SMILES string of the molecule is COc1ccc(Cl)cc1NC(=O)N1Cc2ccccc2-n2cccc2[C@H]1c1ccc(C(C)C)cc1. The topological polar surface area (TPSA) is 46.5 Å². The number of methoxy groups -OCH3 is 1. The summed E-state index contributed by atoms with van der Waals surface area (Å²) >= 11 is 6.23. The molecule has 1 atom stereocenters. The third-order valence-corrected chi connectivity index (χ3v) is 6.78. The van der Waals surface area contributed by atoms with Gasteiger partial charge in [-0.25, -0.2) is 4.79 Å². The van der Waals surface area contributed by atoms with Gasteiger partial charge in [0.1, 0.15) is 5.75 Å². The molecule has 178 valence electrons. The van der Waals surface area contributed by atoms with Crippen LogP contribution in [-0.4, -0.2) is 22.6 Å². The van der Waals surface area contributed by atoms with E-state index in [1.165, 1.54) is 5.56 Å². The Labute approximate surface area is 210 Å². The predicted molar refractivity (Wildman–Crippen MR) is 141 cm³/mol. The lowest BCUT2D eigenvalue weighted by molar-refractivity contribution is 0.194. The van der Waals surface area contributed by atoms with Gasteiger partial charge in [0.2, 0.25) is 0 Å². The first-order chi connectivity index (χ1) is 17.0. The van der Waals surface area contributed by atoms with E-state index in [1.54, 1.807) is 25.3 Å². The minimum Gasteiger partial charge on any atom is -0.495 e. The summed E-state index contributed by atoms with van der Waals surface area (Å²) in [6, 6.07) is 25.6. The number of hydrogen-bond donors (Lipinski definition) is 1. The fraction of sp³-hybridized carbons (Fsp3) is 0.207. The standard InChI is InChI=1S/C29H28ClN3O2/c1-19(2)20-10-12-21(13-11-20)28-26-9-6-16-32(26)25-8-5-4-7-22(25)18-33(28)29(34)31-24-17-23(30)14-15-27(24)35-3/h4-17,19,28H,18H2,1-3H3,(H,31,34)/t28-/m1/s1. The minimum absolute atomic E-state index is 0.229. The van der Waals surface area contributed by atoms with Crippen molar-refractivity contribution in [1.29, 1.82) is 0 Å². The summed E-state index contributed by atoms with van der Waals surface area (Å²) < 4.78 is 7.65. The molecule has 5 rings (SSSR count). The molecule has 0 spiro atoms. The fourth-order valence-corrected chi connectivity index (χ4v) is 4.89. The number of halogens is 1. The zero-order chi connectivity index (χ0) is 24.5. The zero-order valence-electron chi connectivity index (χ0n) is 20.0. The molecule has 0 saturated carbocycles. The Morgan fingerprint density at radius 2 is 1.80 bits per heavy atom. The largest absolute Gasteiger partial charge is 0.495 e. The van der Waals surface area contributed by atoms with Gasteiger partial charge in [0, 0.05) is 16.9 Å². The molecule has 3 aromatic carbocycles. The van der Waals surface area contributed by atoms with Crippen LogP contribution >= 0.6 is 11.6 Å². The van der Waals surface area contributed by atoms with Gasteiger partial charge in [-0.05, 0) is 59.0 Å². The average Bonchev–Trinajstić information content (AvgIpc) is 3.28. The molecule has 0 radical (unpaired) electrons. The molecular weight excluding hydrogens is 458 g/mol. The van der Waals surface area contributed by atoms with Crippen LogP contribution in [0.1, 0.15) is 48.2 Å². The molecule has 0 bridgehead atoms. The van der Waals surface area contributed by atoms with Crippen LogP contribution in [0.25, 0.3) is 5.69 Å². The second kappa shape index (κ2) is 9.51. The molecule has 35 heavy (non-hydrogen) atoms. The second-order valence-corrected chi connectivity index (χ2v) is 9.49. The summed E-state index contributed by atoms with van der Waals surface area (Å²) in [6.45, 7) is 4.81. The molecule has 2 heterocycles. The number of carbonyl (C=O) groups excluding carboxylic acids is 1. The smallest absolute Gasteiger partial charge is 0.323 e.